The second-order valence-electron chi connectivity index (χ2n) is 6.28. The molecule has 0 saturated carbocycles. The van der Waals surface area contributed by atoms with E-state index in [1.807, 2.05) is 24.3 Å². The third-order valence-electron chi connectivity index (χ3n) is 4.56. The number of ether oxygens (including phenoxy) is 2. The average molecular weight is 405 g/mol. The molecule has 0 aromatic heterocycles. The van der Waals surface area contributed by atoms with Crippen LogP contribution in [0.3, 0.4) is 0 Å². The number of carbonyl (C=O) groups excluding carboxylic acids is 2. The van der Waals surface area contributed by atoms with Crippen LogP contribution < -0.4 is 9.64 Å². The number of rotatable bonds is 5. The molecule has 1 fully saturated rings. The first-order valence-corrected chi connectivity index (χ1v) is 9.19. The van der Waals surface area contributed by atoms with Gasteiger partial charge in [0.2, 0.25) is 0 Å². The van der Waals surface area contributed by atoms with Crippen LogP contribution in [0.15, 0.2) is 42.5 Å². The third-order valence-corrected chi connectivity index (χ3v) is 4.80. The number of hydrogen-bond donors (Lipinski definition) is 1. The van der Waals surface area contributed by atoms with Gasteiger partial charge >= 0.3 is 5.97 Å². The lowest BCUT2D eigenvalue weighted by Gasteiger charge is -2.36. The van der Waals surface area contributed by atoms with Gasteiger partial charge in [-0.2, -0.15) is 0 Å². The highest BCUT2D eigenvalue weighted by Crippen LogP contribution is 2.28. The number of phenolic OH excluding ortho intramolecular Hbond substituents is 1. The van der Waals surface area contributed by atoms with E-state index in [1.165, 1.54) is 18.2 Å². The van der Waals surface area contributed by atoms with Crippen LogP contribution in [-0.2, 0) is 9.53 Å². The molecular formula is C20H21ClN2O5. The van der Waals surface area contributed by atoms with E-state index in [-0.39, 0.29) is 23.8 Å². The van der Waals surface area contributed by atoms with E-state index < -0.39 is 5.97 Å². The van der Waals surface area contributed by atoms with Crippen molar-refractivity contribution in [2.45, 2.75) is 0 Å². The average Bonchev–Trinajstić information content (AvgIpc) is 2.73. The number of halogens is 1. The lowest BCUT2D eigenvalue weighted by Crippen LogP contribution is -2.50. The van der Waals surface area contributed by atoms with Gasteiger partial charge in [-0.1, -0.05) is 23.7 Å². The summed E-state index contributed by atoms with van der Waals surface area (Å²) in [6, 6.07) is 11.8. The number of carbonyl (C=O) groups is 2. The van der Waals surface area contributed by atoms with Crippen LogP contribution >= 0.6 is 11.6 Å². The summed E-state index contributed by atoms with van der Waals surface area (Å²) in [7, 11) is 1.63. The molecule has 0 bridgehead atoms. The summed E-state index contributed by atoms with van der Waals surface area (Å²) in [5, 5.41) is 10.0. The van der Waals surface area contributed by atoms with Crippen LogP contribution in [0, 0.1) is 0 Å². The normalized spacial score (nSPS) is 13.9. The van der Waals surface area contributed by atoms with Gasteiger partial charge in [0, 0.05) is 31.2 Å². The first kappa shape index (κ1) is 19.8. The van der Waals surface area contributed by atoms with Crippen LogP contribution in [0.4, 0.5) is 5.69 Å². The predicted octanol–water partition coefficient (Wildman–Crippen LogP) is 2.56. The Labute approximate surface area is 168 Å². The summed E-state index contributed by atoms with van der Waals surface area (Å²) in [5.41, 5.74) is 0.918. The minimum Gasteiger partial charge on any atom is -0.507 e. The molecule has 148 valence electrons. The Morgan fingerprint density at radius 2 is 1.82 bits per heavy atom. The highest BCUT2D eigenvalue weighted by molar-refractivity contribution is 6.31. The van der Waals surface area contributed by atoms with E-state index in [1.54, 1.807) is 12.0 Å². The van der Waals surface area contributed by atoms with Crippen molar-refractivity contribution in [3.63, 3.8) is 0 Å². The van der Waals surface area contributed by atoms with Crippen molar-refractivity contribution >= 4 is 29.2 Å². The number of anilines is 1. The quantitative estimate of drug-likeness (QED) is 0.771. The molecule has 0 unspecified atom stereocenters. The Kier molecular flexibility index (Phi) is 6.26. The topological polar surface area (TPSA) is 79.3 Å². The fourth-order valence-electron chi connectivity index (χ4n) is 3.06. The Balaban J connectivity index is 1.53. The number of methoxy groups -OCH3 is 1. The number of nitrogens with zero attached hydrogens (tertiary/aromatic N) is 2. The van der Waals surface area contributed by atoms with Gasteiger partial charge in [-0.25, -0.2) is 4.79 Å². The van der Waals surface area contributed by atoms with Crippen molar-refractivity contribution < 1.29 is 24.2 Å². The number of amides is 1. The second-order valence-corrected chi connectivity index (χ2v) is 6.71. The van der Waals surface area contributed by atoms with Gasteiger partial charge in [-0.3, -0.25) is 4.79 Å². The standard InChI is InChI=1S/C20H21ClN2O5/c1-27-18-5-3-2-4-16(18)22-8-10-23(11-9-22)19(25)13-28-20(26)15-12-14(21)6-7-17(15)24/h2-7,12,24H,8-11,13H2,1H3. The summed E-state index contributed by atoms with van der Waals surface area (Å²) in [6.45, 7) is 1.93. The number of para-hydroxylation sites is 2. The third kappa shape index (κ3) is 4.48. The smallest absolute Gasteiger partial charge is 0.342 e. The van der Waals surface area contributed by atoms with Crippen LogP contribution in [0.25, 0.3) is 0 Å². The number of hydrogen-bond acceptors (Lipinski definition) is 6. The fraction of sp³-hybridized carbons (Fsp3) is 0.300. The zero-order valence-electron chi connectivity index (χ0n) is 15.4. The Bertz CT molecular complexity index is 865. The molecule has 28 heavy (non-hydrogen) atoms. The minimum absolute atomic E-state index is 0.0682. The van der Waals surface area contributed by atoms with Crippen molar-refractivity contribution in [1.29, 1.82) is 0 Å². The summed E-state index contributed by atoms with van der Waals surface area (Å²) in [5.74, 6) is -0.527. The van der Waals surface area contributed by atoms with E-state index in [2.05, 4.69) is 4.90 Å². The molecule has 8 heteroatoms. The monoisotopic (exact) mass is 404 g/mol. The molecule has 1 heterocycles. The van der Waals surface area contributed by atoms with Crippen LogP contribution in [-0.4, -0.2) is 61.8 Å². The van der Waals surface area contributed by atoms with Crippen molar-refractivity contribution in [2.75, 3.05) is 44.8 Å². The van der Waals surface area contributed by atoms with E-state index in [4.69, 9.17) is 21.1 Å². The van der Waals surface area contributed by atoms with Gasteiger partial charge < -0.3 is 24.4 Å². The molecule has 2 aromatic rings. The van der Waals surface area contributed by atoms with Crippen LogP contribution in [0.2, 0.25) is 5.02 Å². The van der Waals surface area contributed by atoms with E-state index in [0.29, 0.717) is 31.2 Å². The number of aromatic hydroxyl groups is 1. The van der Waals surface area contributed by atoms with E-state index in [9.17, 15) is 14.7 Å². The van der Waals surface area contributed by atoms with Gasteiger partial charge in [-0.05, 0) is 30.3 Å². The maximum Gasteiger partial charge on any atom is 0.342 e. The fourth-order valence-corrected chi connectivity index (χ4v) is 3.23. The number of benzene rings is 2. The zero-order chi connectivity index (χ0) is 20.1. The lowest BCUT2D eigenvalue weighted by molar-refractivity contribution is -0.134. The molecule has 1 aliphatic rings. The molecule has 0 spiro atoms. The van der Waals surface area contributed by atoms with Crippen LogP contribution in [0.1, 0.15) is 10.4 Å². The van der Waals surface area contributed by atoms with Crippen molar-refractivity contribution in [2.24, 2.45) is 0 Å². The maximum atomic E-state index is 12.4. The van der Waals surface area contributed by atoms with Gasteiger partial charge in [0.15, 0.2) is 6.61 Å². The summed E-state index contributed by atoms with van der Waals surface area (Å²) in [6.07, 6.45) is 0. The molecule has 1 aliphatic heterocycles. The van der Waals surface area contributed by atoms with Gasteiger partial charge in [0.25, 0.3) is 5.91 Å². The van der Waals surface area contributed by atoms with Crippen molar-refractivity contribution in [3.05, 3.63) is 53.1 Å². The second kappa shape index (κ2) is 8.84. The molecule has 7 nitrogen and oxygen atoms in total. The molecule has 0 aliphatic carbocycles. The Morgan fingerprint density at radius 1 is 1.11 bits per heavy atom. The summed E-state index contributed by atoms with van der Waals surface area (Å²) >= 11 is 5.82. The van der Waals surface area contributed by atoms with Crippen molar-refractivity contribution in [3.8, 4) is 11.5 Å². The highest BCUT2D eigenvalue weighted by Gasteiger charge is 2.24. The minimum atomic E-state index is -0.791. The number of phenols is 1. The zero-order valence-corrected chi connectivity index (χ0v) is 16.2. The molecule has 0 radical (unpaired) electrons. The molecule has 0 atom stereocenters. The maximum absolute atomic E-state index is 12.4. The predicted molar refractivity (Wildman–Crippen MR) is 105 cm³/mol. The van der Waals surface area contributed by atoms with Gasteiger partial charge in [0.1, 0.15) is 17.1 Å². The largest absolute Gasteiger partial charge is 0.507 e. The number of esters is 1. The Morgan fingerprint density at radius 3 is 2.54 bits per heavy atom. The van der Waals surface area contributed by atoms with E-state index in [0.717, 1.165) is 11.4 Å². The molecule has 1 saturated heterocycles. The summed E-state index contributed by atoms with van der Waals surface area (Å²) in [4.78, 5) is 28.2. The van der Waals surface area contributed by atoms with Gasteiger partial charge in [0.05, 0.1) is 12.8 Å². The molecule has 2 aromatic carbocycles. The van der Waals surface area contributed by atoms with Crippen LogP contribution in [0.5, 0.6) is 11.5 Å². The van der Waals surface area contributed by atoms with Gasteiger partial charge in [-0.15, -0.1) is 0 Å². The first-order valence-electron chi connectivity index (χ1n) is 8.81. The SMILES string of the molecule is COc1ccccc1N1CCN(C(=O)COC(=O)c2cc(Cl)ccc2O)CC1. The molecule has 3 rings (SSSR count). The first-order chi connectivity index (χ1) is 13.5. The number of piperazine rings is 1. The van der Waals surface area contributed by atoms with E-state index >= 15 is 0 Å². The Hall–Kier alpha value is -2.93. The molecular weight excluding hydrogens is 384 g/mol. The lowest BCUT2D eigenvalue weighted by atomic mass is 10.2. The molecule has 1 N–H and O–H groups in total. The highest BCUT2D eigenvalue weighted by atomic mass is 35.5. The molecule has 1 amide bonds. The summed E-state index contributed by atoms with van der Waals surface area (Å²) < 4.78 is 10.4. The van der Waals surface area contributed by atoms with Crippen molar-refractivity contribution in [1.82, 2.24) is 4.90 Å².